The van der Waals surface area contributed by atoms with Crippen LogP contribution >= 0.6 is 0 Å². The van der Waals surface area contributed by atoms with Gasteiger partial charge in [-0.1, -0.05) is 99.6 Å². The maximum atomic E-state index is 14.0. The van der Waals surface area contributed by atoms with E-state index < -0.39 is 22.7 Å². The van der Waals surface area contributed by atoms with Crippen molar-refractivity contribution in [3.05, 3.63) is 53.6 Å². The molecule has 52 heavy (non-hydrogen) atoms. The highest BCUT2D eigenvalue weighted by Crippen LogP contribution is 2.47. The minimum Gasteiger partial charge on any atom is -0.479 e. The van der Waals surface area contributed by atoms with Crippen molar-refractivity contribution in [3.8, 4) is 5.75 Å². The lowest BCUT2D eigenvalue weighted by Gasteiger charge is -2.46. The Kier molecular flexibility index (Phi) is 13.6. The summed E-state index contributed by atoms with van der Waals surface area (Å²) in [6, 6.07) is 8.01. The number of cyclic esters (lactones) is 1. The SMILES string of the molecule is CCC(Oc1ccc(C(C)C)cc1)C(=O)O[C@H]1C[C@H](O[Si](C)(C)C(C)(C)C)C=C2C=C[C@H](C)[C@H](CC[C@@H]3C[C@@H](O[Si](C)(C)C(C)(C)C)CC(=O)O3)[C@H]21. The molecule has 1 aliphatic heterocycles. The van der Waals surface area contributed by atoms with Crippen molar-refractivity contribution in [1.29, 1.82) is 0 Å². The first-order valence-corrected chi connectivity index (χ1v) is 25.7. The predicted octanol–water partition coefficient (Wildman–Crippen LogP) is 10.9. The Morgan fingerprint density at radius 3 is 2.12 bits per heavy atom. The summed E-state index contributed by atoms with van der Waals surface area (Å²) < 4.78 is 32.4. The Labute approximate surface area is 317 Å². The van der Waals surface area contributed by atoms with E-state index in [2.05, 4.69) is 119 Å². The van der Waals surface area contributed by atoms with Crippen molar-refractivity contribution in [1.82, 2.24) is 0 Å². The molecule has 1 heterocycles. The van der Waals surface area contributed by atoms with E-state index in [0.717, 1.165) is 19.3 Å². The van der Waals surface area contributed by atoms with E-state index in [1.165, 1.54) is 11.1 Å². The van der Waals surface area contributed by atoms with Gasteiger partial charge in [0.1, 0.15) is 18.0 Å². The highest BCUT2D eigenvalue weighted by atomic mass is 28.4. The van der Waals surface area contributed by atoms with Crippen LogP contribution in [0.3, 0.4) is 0 Å². The Morgan fingerprint density at radius 2 is 1.54 bits per heavy atom. The van der Waals surface area contributed by atoms with Gasteiger partial charge in [0.15, 0.2) is 22.7 Å². The average Bonchev–Trinajstić information content (AvgIpc) is 3.01. The summed E-state index contributed by atoms with van der Waals surface area (Å²) >= 11 is 0. The Hall–Kier alpha value is -2.21. The first kappa shape index (κ1) is 42.5. The standard InChI is InChI=1S/C43H70O7Si2/c1-15-37(46-32-20-18-30(19-21-32)28(2)3)41(45)48-38-26-34(49-51(11,12)42(5,6)7)24-31-17-16-29(4)36(40(31)38)23-22-33-25-35(27-39(44)47-33)50-52(13,14)43(8,9)10/h16-21,24,28-29,33-38,40H,15,22-23,25-27H2,1-14H3/t29-,33+,34+,35+,36-,37?,38-,40-/m0/s1. The van der Waals surface area contributed by atoms with Crippen molar-refractivity contribution in [2.24, 2.45) is 17.8 Å². The molecule has 1 aromatic carbocycles. The van der Waals surface area contributed by atoms with Gasteiger partial charge in [0.2, 0.25) is 0 Å². The van der Waals surface area contributed by atoms with E-state index in [1.807, 2.05) is 19.1 Å². The van der Waals surface area contributed by atoms with Crippen LogP contribution in [0, 0.1) is 17.8 Å². The average molecular weight is 755 g/mol. The van der Waals surface area contributed by atoms with Crippen LogP contribution in [0.1, 0.15) is 119 Å². The van der Waals surface area contributed by atoms with Crippen LogP contribution < -0.4 is 4.74 Å². The lowest BCUT2D eigenvalue weighted by Crippen LogP contribution is -2.49. The molecular weight excluding hydrogens is 685 g/mol. The topological polar surface area (TPSA) is 80.3 Å². The molecule has 4 rings (SSSR count). The molecule has 0 saturated carbocycles. The van der Waals surface area contributed by atoms with Gasteiger partial charge in [0.05, 0.1) is 18.6 Å². The lowest BCUT2D eigenvalue weighted by molar-refractivity contribution is -0.164. The normalized spacial score (nSPS) is 27.8. The largest absolute Gasteiger partial charge is 0.479 e. The van der Waals surface area contributed by atoms with Crippen LogP contribution in [0.15, 0.2) is 48.1 Å². The fraction of sp³-hybridized carbons (Fsp3) is 0.721. The summed E-state index contributed by atoms with van der Waals surface area (Å²) in [6.07, 6.45) is 8.98. The molecule has 2 aliphatic carbocycles. The summed E-state index contributed by atoms with van der Waals surface area (Å²) in [5.41, 5.74) is 2.40. The zero-order valence-electron chi connectivity index (χ0n) is 34.8. The monoisotopic (exact) mass is 754 g/mol. The summed E-state index contributed by atoms with van der Waals surface area (Å²) in [4.78, 5) is 26.9. The molecule has 0 radical (unpaired) electrons. The predicted molar refractivity (Wildman–Crippen MR) is 216 cm³/mol. The number of carbonyl (C=O) groups excluding carboxylic acids is 2. The summed E-state index contributed by atoms with van der Waals surface area (Å²) in [7, 11) is -4.15. The van der Waals surface area contributed by atoms with Crippen LogP contribution in [0.5, 0.6) is 5.75 Å². The van der Waals surface area contributed by atoms with Gasteiger partial charge in [-0.15, -0.1) is 0 Å². The van der Waals surface area contributed by atoms with Gasteiger partial charge >= 0.3 is 11.9 Å². The summed E-state index contributed by atoms with van der Waals surface area (Å²) in [5.74, 6) is 1.05. The number of rotatable bonds is 13. The molecule has 1 fully saturated rings. The van der Waals surface area contributed by atoms with Gasteiger partial charge in [-0.05, 0) is 96.6 Å². The van der Waals surface area contributed by atoms with Crippen LogP contribution in [0.25, 0.3) is 0 Å². The number of hydrogen-bond donors (Lipinski definition) is 0. The number of hydrogen-bond acceptors (Lipinski definition) is 7. The molecule has 9 heteroatoms. The second-order valence-corrected chi connectivity index (χ2v) is 28.6. The molecule has 1 unspecified atom stereocenters. The lowest BCUT2D eigenvalue weighted by atomic mass is 9.66. The van der Waals surface area contributed by atoms with Crippen molar-refractivity contribution in [2.75, 3.05) is 0 Å². The van der Waals surface area contributed by atoms with E-state index >= 15 is 0 Å². The van der Waals surface area contributed by atoms with Crippen molar-refractivity contribution in [3.63, 3.8) is 0 Å². The zero-order valence-corrected chi connectivity index (χ0v) is 36.8. The smallest absolute Gasteiger partial charge is 0.347 e. The minimum atomic E-state index is -2.11. The van der Waals surface area contributed by atoms with Gasteiger partial charge in [0, 0.05) is 18.8 Å². The highest BCUT2D eigenvalue weighted by Gasteiger charge is 2.47. The van der Waals surface area contributed by atoms with Crippen LogP contribution in [-0.4, -0.2) is 59.1 Å². The molecule has 7 nitrogen and oxygen atoms in total. The Bertz CT molecular complexity index is 1430. The number of fused-ring (bicyclic) bond motifs is 1. The van der Waals surface area contributed by atoms with Gasteiger partial charge in [-0.2, -0.15) is 0 Å². The minimum absolute atomic E-state index is 0.00428. The first-order valence-electron chi connectivity index (χ1n) is 19.9. The summed E-state index contributed by atoms with van der Waals surface area (Å²) in [6.45, 7) is 31.0. The molecule has 1 aromatic rings. The van der Waals surface area contributed by atoms with Gasteiger partial charge in [-0.3, -0.25) is 4.79 Å². The molecule has 0 spiro atoms. The fourth-order valence-electron chi connectivity index (χ4n) is 7.31. The number of carbonyl (C=O) groups is 2. The fourth-order valence-corrected chi connectivity index (χ4v) is 9.95. The van der Waals surface area contributed by atoms with Gasteiger partial charge in [0.25, 0.3) is 0 Å². The Balaban J connectivity index is 1.56. The van der Waals surface area contributed by atoms with Crippen LogP contribution in [0.4, 0.5) is 0 Å². The van der Waals surface area contributed by atoms with Crippen molar-refractivity contribution in [2.45, 2.75) is 180 Å². The van der Waals surface area contributed by atoms with Gasteiger partial charge in [-0.25, -0.2) is 4.79 Å². The maximum Gasteiger partial charge on any atom is 0.347 e. The molecule has 0 bridgehead atoms. The first-order chi connectivity index (χ1) is 24.0. The molecule has 1 saturated heterocycles. The van der Waals surface area contributed by atoms with Crippen LogP contribution in [-0.2, 0) is 27.9 Å². The number of esters is 2. The molecule has 0 aromatic heterocycles. The molecule has 3 aliphatic rings. The van der Waals surface area contributed by atoms with E-state index in [-0.39, 0.29) is 64.2 Å². The maximum absolute atomic E-state index is 14.0. The molecular formula is C43H70O7Si2. The van der Waals surface area contributed by atoms with Crippen LogP contribution in [0.2, 0.25) is 36.3 Å². The second-order valence-electron chi connectivity index (χ2n) is 19.1. The molecule has 0 amide bonds. The van der Waals surface area contributed by atoms with E-state index in [1.54, 1.807) is 0 Å². The van der Waals surface area contributed by atoms with Crippen molar-refractivity contribution >= 4 is 28.6 Å². The van der Waals surface area contributed by atoms with Crippen molar-refractivity contribution < 1.29 is 32.7 Å². The number of allylic oxidation sites excluding steroid dienone is 2. The number of benzene rings is 1. The second kappa shape index (κ2) is 16.7. The quantitative estimate of drug-likeness (QED) is 0.146. The third-order valence-corrected chi connectivity index (χ3v) is 21.7. The molecule has 8 atom stereocenters. The Morgan fingerprint density at radius 1 is 0.923 bits per heavy atom. The van der Waals surface area contributed by atoms with E-state index in [0.29, 0.717) is 30.9 Å². The zero-order chi connectivity index (χ0) is 38.8. The molecule has 292 valence electrons. The van der Waals surface area contributed by atoms with Gasteiger partial charge < -0.3 is 23.1 Å². The third-order valence-electron chi connectivity index (χ3n) is 12.6. The number of ether oxygens (including phenoxy) is 3. The summed E-state index contributed by atoms with van der Waals surface area (Å²) in [5, 5.41) is 0.111. The third kappa shape index (κ3) is 10.5. The highest BCUT2D eigenvalue weighted by molar-refractivity contribution is 6.74. The van der Waals surface area contributed by atoms with E-state index in [9.17, 15) is 9.59 Å². The molecule has 0 N–H and O–H groups in total. The van der Waals surface area contributed by atoms with E-state index in [4.69, 9.17) is 23.1 Å².